The van der Waals surface area contributed by atoms with Crippen LogP contribution >= 0.6 is 45.2 Å². The lowest BCUT2D eigenvalue weighted by molar-refractivity contribution is 1.46. The summed E-state index contributed by atoms with van der Waals surface area (Å²) in [5.41, 5.74) is 3.79. The molecule has 20 heavy (non-hydrogen) atoms. The second-order valence-electron chi connectivity index (χ2n) is 4.35. The SMILES string of the molecule is CC(=Nc1ccc(I)cc1)C(C)=Nc1ccc(I)cc1. The van der Waals surface area contributed by atoms with E-state index in [1.807, 2.05) is 38.1 Å². The van der Waals surface area contributed by atoms with Crippen molar-refractivity contribution < 1.29 is 0 Å². The molecular weight excluding hydrogens is 474 g/mol. The molecule has 0 aliphatic heterocycles. The molecule has 2 rings (SSSR count). The standard InChI is InChI=1S/C16H14I2N2/c1-11(19-15-7-3-13(17)4-8-15)12(2)20-16-9-5-14(18)6-10-16/h3-10H,1-2H3. The molecule has 0 fully saturated rings. The molecule has 102 valence electrons. The fourth-order valence-corrected chi connectivity index (χ4v) is 2.30. The lowest BCUT2D eigenvalue weighted by Crippen LogP contribution is -2.04. The van der Waals surface area contributed by atoms with E-state index in [4.69, 9.17) is 0 Å². The molecule has 4 heteroatoms. The highest BCUT2D eigenvalue weighted by atomic mass is 127. The predicted molar refractivity (Wildman–Crippen MR) is 104 cm³/mol. The van der Waals surface area contributed by atoms with E-state index >= 15 is 0 Å². The first-order valence-corrected chi connectivity index (χ1v) is 8.32. The summed E-state index contributed by atoms with van der Waals surface area (Å²) in [5, 5.41) is 0. The molecule has 0 N–H and O–H groups in total. The molecule has 0 heterocycles. The lowest BCUT2D eigenvalue weighted by atomic mass is 10.2. The first-order chi connectivity index (χ1) is 9.54. The van der Waals surface area contributed by atoms with Crippen LogP contribution in [0, 0.1) is 7.14 Å². The van der Waals surface area contributed by atoms with Crippen molar-refractivity contribution in [1.29, 1.82) is 0 Å². The van der Waals surface area contributed by atoms with E-state index in [1.54, 1.807) is 0 Å². The van der Waals surface area contributed by atoms with Crippen LogP contribution in [0.25, 0.3) is 0 Å². The Hall–Kier alpha value is -0.760. The van der Waals surface area contributed by atoms with Gasteiger partial charge in [0, 0.05) is 7.14 Å². The first-order valence-electron chi connectivity index (χ1n) is 6.17. The Labute approximate surface area is 146 Å². The Kier molecular flexibility index (Phi) is 5.71. The Morgan fingerprint density at radius 3 is 1.25 bits per heavy atom. The molecule has 0 bridgehead atoms. The Morgan fingerprint density at radius 1 is 0.650 bits per heavy atom. The number of halogens is 2. The van der Waals surface area contributed by atoms with Gasteiger partial charge in [0.25, 0.3) is 0 Å². The highest BCUT2D eigenvalue weighted by Gasteiger charge is 1.99. The van der Waals surface area contributed by atoms with E-state index in [1.165, 1.54) is 7.14 Å². The van der Waals surface area contributed by atoms with Gasteiger partial charge in [-0.3, -0.25) is 9.98 Å². The fraction of sp³-hybridized carbons (Fsp3) is 0.125. The number of hydrogen-bond acceptors (Lipinski definition) is 2. The molecule has 0 spiro atoms. The first kappa shape index (κ1) is 15.6. The molecule has 0 saturated carbocycles. The van der Waals surface area contributed by atoms with Gasteiger partial charge in [-0.1, -0.05) is 0 Å². The van der Waals surface area contributed by atoms with Gasteiger partial charge in [-0.25, -0.2) is 0 Å². The molecule has 0 radical (unpaired) electrons. The minimum absolute atomic E-state index is 0.935. The normalized spacial score (nSPS) is 12.6. The summed E-state index contributed by atoms with van der Waals surface area (Å²) in [6.45, 7) is 3.98. The summed E-state index contributed by atoms with van der Waals surface area (Å²) in [6.07, 6.45) is 0. The van der Waals surface area contributed by atoms with Crippen LogP contribution in [0.2, 0.25) is 0 Å². The zero-order valence-electron chi connectivity index (χ0n) is 11.3. The van der Waals surface area contributed by atoms with Gasteiger partial charge in [-0.2, -0.15) is 0 Å². The number of rotatable bonds is 3. The van der Waals surface area contributed by atoms with Crippen LogP contribution in [-0.4, -0.2) is 11.4 Å². The summed E-state index contributed by atoms with van der Waals surface area (Å²) in [4.78, 5) is 9.19. The number of benzene rings is 2. The van der Waals surface area contributed by atoms with E-state index in [0.717, 1.165) is 22.8 Å². The molecule has 2 aromatic carbocycles. The second-order valence-corrected chi connectivity index (χ2v) is 6.84. The quantitative estimate of drug-likeness (QED) is 0.387. The van der Waals surface area contributed by atoms with Crippen molar-refractivity contribution in [2.45, 2.75) is 13.8 Å². The van der Waals surface area contributed by atoms with Gasteiger partial charge in [-0.15, -0.1) is 0 Å². The molecule has 2 nitrogen and oxygen atoms in total. The van der Waals surface area contributed by atoms with Gasteiger partial charge < -0.3 is 0 Å². The molecule has 0 unspecified atom stereocenters. The van der Waals surface area contributed by atoms with E-state index in [-0.39, 0.29) is 0 Å². The van der Waals surface area contributed by atoms with E-state index < -0.39 is 0 Å². The van der Waals surface area contributed by atoms with Gasteiger partial charge in [0.15, 0.2) is 0 Å². The second kappa shape index (κ2) is 7.31. The zero-order valence-corrected chi connectivity index (χ0v) is 15.6. The minimum atomic E-state index is 0.935. The van der Waals surface area contributed by atoms with Crippen LogP contribution in [-0.2, 0) is 0 Å². The van der Waals surface area contributed by atoms with Crippen molar-refractivity contribution in [3.8, 4) is 0 Å². The third-order valence-corrected chi connectivity index (χ3v) is 4.21. The molecule has 0 amide bonds. The van der Waals surface area contributed by atoms with Crippen LogP contribution in [0.1, 0.15) is 13.8 Å². The van der Waals surface area contributed by atoms with Gasteiger partial charge >= 0.3 is 0 Å². The monoisotopic (exact) mass is 488 g/mol. The highest BCUT2D eigenvalue weighted by molar-refractivity contribution is 14.1. The Bertz CT molecular complexity index is 582. The smallest absolute Gasteiger partial charge is 0.0634 e. The van der Waals surface area contributed by atoms with Crippen molar-refractivity contribution >= 4 is 68.0 Å². The summed E-state index contributed by atoms with van der Waals surface area (Å²) in [6, 6.07) is 16.3. The summed E-state index contributed by atoms with van der Waals surface area (Å²) >= 11 is 4.58. The van der Waals surface area contributed by atoms with Crippen molar-refractivity contribution in [1.82, 2.24) is 0 Å². The van der Waals surface area contributed by atoms with Gasteiger partial charge in [0.1, 0.15) is 0 Å². The molecular formula is C16H14I2N2. The number of nitrogens with zero attached hydrogens (tertiary/aromatic N) is 2. The molecule has 0 aromatic heterocycles. The maximum absolute atomic E-state index is 4.59. The number of hydrogen-bond donors (Lipinski definition) is 0. The van der Waals surface area contributed by atoms with E-state index in [0.29, 0.717) is 0 Å². The van der Waals surface area contributed by atoms with Crippen LogP contribution < -0.4 is 0 Å². The van der Waals surface area contributed by atoms with Gasteiger partial charge in [0.05, 0.1) is 22.8 Å². The molecule has 2 aromatic rings. The molecule has 0 atom stereocenters. The Morgan fingerprint density at radius 2 is 0.950 bits per heavy atom. The molecule has 0 aliphatic rings. The van der Waals surface area contributed by atoms with Gasteiger partial charge in [0.2, 0.25) is 0 Å². The van der Waals surface area contributed by atoms with Crippen LogP contribution in [0.3, 0.4) is 0 Å². The molecule has 0 saturated heterocycles. The molecule has 0 aliphatic carbocycles. The van der Waals surface area contributed by atoms with Crippen molar-refractivity contribution in [2.24, 2.45) is 9.98 Å². The Balaban J connectivity index is 2.21. The van der Waals surface area contributed by atoms with Gasteiger partial charge in [-0.05, 0) is 108 Å². The third kappa shape index (κ3) is 4.66. The summed E-state index contributed by atoms with van der Waals surface area (Å²) < 4.78 is 2.42. The average molecular weight is 488 g/mol. The fourth-order valence-electron chi connectivity index (χ4n) is 1.58. The summed E-state index contributed by atoms with van der Waals surface area (Å²) in [7, 11) is 0. The third-order valence-electron chi connectivity index (χ3n) is 2.77. The largest absolute Gasteiger partial charge is 0.252 e. The summed E-state index contributed by atoms with van der Waals surface area (Å²) in [5.74, 6) is 0. The number of aliphatic imine (C=N–C) groups is 2. The predicted octanol–water partition coefficient (Wildman–Crippen LogP) is 5.78. The van der Waals surface area contributed by atoms with Crippen molar-refractivity contribution in [3.63, 3.8) is 0 Å². The van der Waals surface area contributed by atoms with E-state index in [9.17, 15) is 0 Å². The maximum Gasteiger partial charge on any atom is 0.0634 e. The zero-order chi connectivity index (χ0) is 14.5. The van der Waals surface area contributed by atoms with Crippen LogP contribution in [0.4, 0.5) is 11.4 Å². The van der Waals surface area contributed by atoms with Crippen molar-refractivity contribution in [3.05, 3.63) is 55.7 Å². The van der Waals surface area contributed by atoms with Crippen molar-refractivity contribution in [2.75, 3.05) is 0 Å². The van der Waals surface area contributed by atoms with Crippen LogP contribution in [0.5, 0.6) is 0 Å². The minimum Gasteiger partial charge on any atom is -0.252 e. The maximum atomic E-state index is 4.59. The highest BCUT2D eigenvalue weighted by Crippen LogP contribution is 2.17. The van der Waals surface area contributed by atoms with E-state index in [2.05, 4.69) is 79.4 Å². The topological polar surface area (TPSA) is 24.7 Å². The lowest BCUT2D eigenvalue weighted by Gasteiger charge is -2.02. The van der Waals surface area contributed by atoms with Crippen LogP contribution in [0.15, 0.2) is 58.5 Å². The average Bonchev–Trinajstić information content (AvgIpc) is 2.44.